The van der Waals surface area contributed by atoms with Gasteiger partial charge in [-0.3, -0.25) is 14.5 Å². The number of carbonyl (C=O) groups is 2. The van der Waals surface area contributed by atoms with Crippen molar-refractivity contribution < 1.29 is 19.8 Å². The molecule has 0 spiro atoms. The zero-order valence-electron chi connectivity index (χ0n) is 9.26. The minimum atomic E-state index is -0.968. The third kappa shape index (κ3) is 4.02. The molecule has 0 bridgehead atoms. The van der Waals surface area contributed by atoms with Gasteiger partial charge < -0.3 is 10.2 Å². The summed E-state index contributed by atoms with van der Waals surface area (Å²) in [5, 5.41) is 17.8. The molecule has 0 amide bonds. The Morgan fingerprint density at radius 2 is 1.88 bits per heavy atom. The van der Waals surface area contributed by atoms with Gasteiger partial charge in [-0.05, 0) is 18.6 Å². The second kappa shape index (κ2) is 6.10. The molecule has 1 saturated heterocycles. The maximum absolute atomic E-state index is 10.7. The smallest absolute Gasteiger partial charge is 0.317 e. The fraction of sp³-hybridized carbons (Fsp3) is 0.800. The van der Waals surface area contributed by atoms with Crippen molar-refractivity contribution >= 4 is 23.7 Å². The lowest BCUT2D eigenvalue weighted by atomic mass is 10.1. The van der Waals surface area contributed by atoms with Crippen LogP contribution in [-0.4, -0.2) is 57.2 Å². The third-order valence-corrected chi connectivity index (χ3v) is 4.08. The number of thioether (sulfide) groups is 1. The summed E-state index contributed by atoms with van der Waals surface area (Å²) in [5.74, 6) is -0.862. The van der Waals surface area contributed by atoms with Gasteiger partial charge in [0.05, 0.1) is 13.1 Å². The molecule has 2 atom stereocenters. The van der Waals surface area contributed by atoms with Crippen LogP contribution in [0.2, 0.25) is 0 Å². The second-order valence-corrected chi connectivity index (χ2v) is 5.46. The van der Waals surface area contributed by atoms with E-state index in [-0.39, 0.29) is 19.1 Å². The average molecular weight is 247 g/mol. The van der Waals surface area contributed by atoms with Crippen LogP contribution in [0.15, 0.2) is 0 Å². The van der Waals surface area contributed by atoms with Gasteiger partial charge in [-0.1, -0.05) is 6.92 Å². The molecular formula is C10H17NO4S. The lowest BCUT2D eigenvalue weighted by Gasteiger charge is -2.36. The Kier molecular flexibility index (Phi) is 5.08. The summed E-state index contributed by atoms with van der Waals surface area (Å²) in [7, 11) is 0. The topological polar surface area (TPSA) is 77.8 Å². The molecule has 92 valence electrons. The van der Waals surface area contributed by atoms with Gasteiger partial charge in [0.2, 0.25) is 0 Å². The monoisotopic (exact) mass is 247 g/mol. The van der Waals surface area contributed by atoms with Gasteiger partial charge in [0.15, 0.2) is 0 Å². The summed E-state index contributed by atoms with van der Waals surface area (Å²) in [6.07, 6.45) is 1.91. The lowest BCUT2D eigenvalue weighted by Crippen LogP contribution is -2.47. The van der Waals surface area contributed by atoms with Gasteiger partial charge in [0.25, 0.3) is 0 Å². The molecule has 0 saturated carbocycles. The summed E-state index contributed by atoms with van der Waals surface area (Å²) in [4.78, 5) is 23.0. The van der Waals surface area contributed by atoms with Gasteiger partial charge >= 0.3 is 11.9 Å². The Labute approximate surface area is 98.8 Å². The largest absolute Gasteiger partial charge is 0.480 e. The average Bonchev–Trinajstić information content (AvgIpc) is 2.15. The number of aliphatic carboxylic acids is 2. The van der Waals surface area contributed by atoms with Crippen LogP contribution in [0.3, 0.4) is 0 Å². The highest BCUT2D eigenvalue weighted by molar-refractivity contribution is 7.99. The van der Waals surface area contributed by atoms with E-state index in [4.69, 9.17) is 10.2 Å². The van der Waals surface area contributed by atoms with Crippen molar-refractivity contribution in [3.05, 3.63) is 0 Å². The number of hydrogen-bond donors (Lipinski definition) is 2. The van der Waals surface area contributed by atoms with Crippen molar-refractivity contribution in [3.8, 4) is 0 Å². The number of hydrogen-bond acceptors (Lipinski definition) is 4. The van der Waals surface area contributed by atoms with E-state index < -0.39 is 11.9 Å². The normalized spacial score (nSPS) is 25.6. The molecule has 2 unspecified atom stereocenters. The number of carboxylic acid groups (broad SMARTS) is 2. The van der Waals surface area contributed by atoms with Crippen LogP contribution in [0.25, 0.3) is 0 Å². The van der Waals surface area contributed by atoms with E-state index in [9.17, 15) is 9.59 Å². The predicted octanol–water partition coefficient (Wildman–Crippen LogP) is 0.742. The van der Waals surface area contributed by atoms with Gasteiger partial charge in [0, 0.05) is 11.3 Å². The maximum Gasteiger partial charge on any atom is 0.317 e. The maximum atomic E-state index is 10.7. The van der Waals surface area contributed by atoms with Crippen LogP contribution in [0.5, 0.6) is 0 Å². The van der Waals surface area contributed by atoms with E-state index in [0.29, 0.717) is 5.25 Å². The molecule has 0 radical (unpaired) electrons. The number of nitrogens with zero attached hydrogens (tertiary/aromatic N) is 1. The van der Waals surface area contributed by atoms with Gasteiger partial charge in [0.1, 0.15) is 0 Å². The van der Waals surface area contributed by atoms with Crippen LogP contribution >= 0.6 is 11.8 Å². The summed E-state index contributed by atoms with van der Waals surface area (Å²) >= 11 is 1.78. The molecule has 2 N–H and O–H groups in total. The molecule has 1 aliphatic rings. The molecule has 1 fully saturated rings. The van der Waals surface area contributed by atoms with Crippen molar-refractivity contribution in [1.29, 1.82) is 0 Å². The van der Waals surface area contributed by atoms with Crippen molar-refractivity contribution in [2.45, 2.75) is 31.1 Å². The quantitative estimate of drug-likeness (QED) is 0.746. The molecule has 0 aromatic heterocycles. The zero-order valence-corrected chi connectivity index (χ0v) is 10.1. The molecule has 0 aromatic carbocycles. The minimum absolute atomic E-state index is 0.0611. The summed E-state index contributed by atoms with van der Waals surface area (Å²) < 4.78 is 0. The number of carboxylic acids is 2. The predicted molar refractivity (Wildman–Crippen MR) is 61.8 cm³/mol. The Morgan fingerprint density at radius 3 is 2.31 bits per heavy atom. The van der Waals surface area contributed by atoms with E-state index in [1.54, 1.807) is 16.7 Å². The molecule has 0 aliphatic carbocycles. The fourth-order valence-electron chi connectivity index (χ4n) is 2.02. The Hall–Kier alpha value is -0.750. The summed E-state index contributed by atoms with van der Waals surface area (Å²) in [6, 6.07) is 0.0611. The van der Waals surface area contributed by atoms with E-state index in [2.05, 4.69) is 0 Å². The molecule has 0 aromatic rings. The highest BCUT2D eigenvalue weighted by atomic mass is 32.2. The molecule has 1 rings (SSSR count). The zero-order chi connectivity index (χ0) is 12.1. The van der Waals surface area contributed by atoms with Crippen molar-refractivity contribution in [2.75, 3.05) is 18.8 Å². The van der Waals surface area contributed by atoms with E-state index in [1.165, 1.54) is 0 Å². The Balaban J connectivity index is 2.65. The summed E-state index contributed by atoms with van der Waals surface area (Å²) in [6.45, 7) is 1.65. The van der Waals surface area contributed by atoms with E-state index >= 15 is 0 Å². The highest BCUT2D eigenvalue weighted by Crippen LogP contribution is 2.28. The SMILES string of the molecule is CC1SCCCC1N(CC(=O)O)CC(=O)O. The van der Waals surface area contributed by atoms with Crippen LogP contribution in [0.1, 0.15) is 19.8 Å². The van der Waals surface area contributed by atoms with Crippen LogP contribution < -0.4 is 0 Å². The first kappa shape index (κ1) is 13.3. The highest BCUT2D eigenvalue weighted by Gasteiger charge is 2.30. The Bertz CT molecular complexity index is 256. The first-order chi connectivity index (χ1) is 7.50. The van der Waals surface area contributed by atoms with Crippen molar-refractivity contribution in [3.63, 3.8) is 0 Å². The van der Waals surface area contributed by atoms with Crippen molar-refractivity contribution in [1.82, 2.24) is 4.90 Å². The van der Waals surface area contributed by atoms with Gasteiger partial charge in [-0.2, -0.15) is 11.8 Å². The first-order valence-corrected chi connectivity index (χ1v) is 6.35. The second-order valence-electron chi connectivity index (χ2n) is 3.98. The van der Waals surface area contributed by atoms with Crippen LogP contribution in [-0.2, 0) is 9.59 Å². The number of rotatable bonds is 5. The standard InChI is InChI=1S/C10H17NO4S/c1-7-8(3-2-4-16-7)11(5-9(12)13)6-10(14)15/h7-8H,2-6H2,1H3,(H,12,13)(H,14,15). The molecule has 6 heteroatoms. The fourth-order valence-corrected chi connectivity index (χ4v) is 3.26. The van der Waals surface area contributed by atoms with Crippen LogP contribution in [0.4, 0.5) is 0 Å². The molecule has 1 heterocycles. The first-order valence-electron chi connectivity index (χ1n) is 5.30. The third-order valence-electron chi connectivity index (χ3n) is 2.71. The Morgan fingerprint density at radius 1 is 1.31 bits per heavy atom. The summed E-state index contributed by atoms with van der Waals surface area (Å²) in [5.41, 5.74) is 0. The van der Waals surface area contributed by atoms with E-state index in [0.717, 1.165) is 18.6 Å². The molecule has 1 aliphatic heterocycles. The molecular weight excluding hydrogens is 230 g/mol. The lowest BCUT2D eigenvalue weighted by molar-refractivity contribution is -0.142. The van der Waals surface area contributed by atoms with Gasteiger partial charge in [-0.15, -0.1) is 0 Å². The van der Waals surface area contributed by atoms with E-state index in [1.807, 2.05) is 6.92 Å². The molecule has 5 nitrogen and oxygen atoms in total. The van der Waals surface area contributed by atoms with Crippen molar-refractivity contribution in [2.24, 2.45) is 0 Å². The van der Waals surface area contributed by atoms with Crippen LogP contribution in [0, 0.1) is 0 Å². The van der Waals surface area contributed by atoms with Gasteiger partial charge in [-0.25, -0.2) is 0 Å². The minimum Gasteiger partial charge on any atom is -0.480 e. The molecule has 16 heavy (non-hydrogen) atoms.